The van der Waals surface area contributed by atoms with E-state index in [1.807, 2.05) is 30.9 Å². The van der Waals surface area contributed by atoms with Gasteiger partial charge in [-0.25, -0.2) is 4.98 Å². The molecule has 0 amide bonds. The Balaban J connectivity index is 2.35. The number of H-pyrrole nitrogens is 1. The van der Waals surface area contributed by atoms with Crippen LogP contribution in [0.2, 0.25) is 0 Å². The highest BCUT2D eigenvalue weighted by atomic mass is 32.1. The van der Waals surface area contributed by atoms with Gasteiger partial charge in [0.25, 0.3) is 0 Å². The first-order valence-corrected chi connectivity index (χ1v) is 4.54. The van der Waals surface area contributed by atoms with Crippen molar-refractivity contribution in [3.05, 3.63) is 23.8 Å². The lowest BCUT2D eigenvalue weighted by molar-refractivity contribution is 1.35. The summed E-state index contributed by atoms with van der Waals surface area (Å²) in [6, 6.07) is 2.01. The smallest absolute Gasteiger partial charge is 0.137 e. The van der Waals surface area contributed by atoms with Crippen molar-refractivity contribution in [2.24, 2.45) is 0 Å². The minimum atomic E-state index is 0.927. The second-order valence-corrected chi connectivity index (χ2v) is 3.25. The molecule has 2 aromatic rings. The van der Waals surface area contributed by atoms with Gasteiger partial charge in [-0.1, -0.05) is 0 Å². The van der Waals surface area contributed by atoms with E-state index in [9.17, 15) is 0 Å². The zero-order valence-electron chi connectivity index (χ0n) is 6.66. The molecule has 0 saturated carbocycles. The van der Waals surface area contributed by atoms with Crippen LogP contribution in [-0.4, -0.2) is 17.0 Å². The molecule has 0 saturated heterocycles. The van der Waals surface area contributed by atoms with Gasteiger partial charge in [-0.05, 0) is 6.07 Å². The molecule has 2 heterocycles. The molecule has 2 rings (SSSR count). The van der Waals surface area contributed by atoms with Crippen molar-refractivity contribution in [3.63, 3.8) is 0 Å². The van der Waals surface area contributed by atoms with Gasteiger partial charge < -0.3 is 10.3 Å². The maximum absolute atomic E-state index is 4.36. The molecule has 0 aromatic carbocycles. The Kier molecular flexibility index (Phi) is 1.83. The Morgan fingerprint density at radius 2 is 2.50 bits per heavy atom. The predicted octanol–water partition coefficient (Wildman–Crippen LogP) is 2.18. The molecule has 3 nitrogen and oxygen atoms in total. The van der Waals surface area contributed by atoms with Crippen LogP contribution in [0, 0.1) is 0 Å². The lowest BCUT2D eigenvalue weighted by atomic mass is 10.4. The van der Waals surface area contributed by atoms with Gasteiger partial charge in [-0.15, -0.1) is 11.3 Å². The highest BCUT2D eigenvalue weighted by molar-refractivity contribution is 7.13. The van der Waals surface area contributed by atoms with E-state index in [1.54, 1.807) is 11.3 Å². The van der Waals surface area contributed by atoms with Crippen molar-refractivity contribution >= 4 is 17.2 Å². The van der Waals surface area contributed by atoms with Crippen molar-refractivity contribution in [2.75, 3.05) is 12.4 Å². The fourth-order valence-corrected chi connectivity index (χ4v) is 1.79. The standard InChI is InChI=1S/C8H9N3S/c1-9-7-5-12-8(11-7)6-2-3-10-4-6/h2-5,9-10H,1H3. The second kappa shape index (κ2) is 2.98. The van der Waals surface area contributed by atoms with E-state index in [0.29, 0.717) is 0 Å². The minimum absolute atomic E-state index is 0.927. The highest BCUT2D eigenvalue weighted by Crippen LogP contribution is 2.24. The molecular weight excluding hydrogens is 170 g/mol. The Morgan fingerprint density at radius 1 is 1.58 bits per heavy atom. The molecule has 0 fully saturated rings. The summed E-state index contributed by atoms with van der Waals surface area (Å²) in [4.78, 5) is 7.36. The number of hydrogen-bond acceptors (Lipinski definition) is 3. The summed E-state index contributed by atoms with van der Waals surface area (Å²) in [6.45, 7) is 0. The van der Waals surface area contributed by atoms with Gasteiger partial charge in [-0.2, -0.15) is 0 Å². The highest BCUT2D eigenvalue weighted by Gasteiger charge is 2.02. The topological polar surface area (TPSA) is 40.7 Å². The number of thiazole rings is 1. The Hall–Kier alpha value is -1.29. The maximum atomic E-state index is 4.36. The number of nitrogens with one attached hydrogen (secondary N) is 2. The van der Waals surface area contributed by atoms with Crippen molar-refractivity contribution < 1.29 is 0 Å². The minimum Gasteiger partial charge on any atom is -0.372 e. The molecule has 0 radical (unpaired) electrons. The zero-order chi connectivity index (χ0) is 8.39. The van der Waals surface area contributed by atoms with Crippen molar-refractivity contribution in [3.8, 4) is 10.6 Å². The number of nitrogens with zero attached hydrogens (tertiary/aromatic N) is 1. The van der Waals surface area contributed by atoms with Gasteiger partial charge in [0.2, 0.25) is 0 Å². The van der Waals surface area contributed by atoms with Gasteiger partial charge in [-0.3, -0.25) is 0 Å². The summed E-state index contributed by atoms with van der Waals surface area (Å²) in [5.41, 5.74) is 1.14. The van der Waals surface area contributed by atoms with Crippen LogP contribution < -0.4 is 5.32 Å². The fourth-order valence-electron chi connectivity index (χ4n) is 0.978. The van der Waals surface area contributed by atoms with Gasteiger partial charge in [0.15, 0.2) is 0 Å². The first kappa shape index (κ1) is 7.36. The van der Waals surface area contributed by atoms with Crippen molar-refractivity contribution in [2.45, 2.75) is 0 Å². The molecule has 2 aromatic heterocycles. The Bertz CT molecular complexity index is 350. The lowest BCUT2D eigenvalue weighted by Crippen LogP contribution is -1.86. The summed E-state index contributed by atoms with van der Waals surface area (Å²) in [6.07, 6.45) is 3.84. The van der Waals surface area contributed by atoms with Crippen LogP contribution in [0.5, 0.6) is 0 Å². The van der Waals surface area contributed by atoms with E-state index in [0.717, 1.165) is 16.4 Å². The van der Waals surface area contributed by atoms with E-state index >= 15 is 0 Å². The Labute approximate surface area is 74.5 Å². The van der Waals surface area contributed by atoms with Crippen molar-refractivity contribution in [1.82, 2.24) is 9.97 Å². The summed E-state index contributed by atoms with van der Waals surface area (Å²) < 4.78 is 0. The molecule has 0 spiro atoms. The van der Waals surface area contributed by atoms with E-state index in [4.69, 9.17) is 0 Å². The molecule has 12 heavy (non-hydrogen) atoms. The van der Waals surface area contributed by atoms with Crippen LogP contribution in [0.15, 0.2) is 23.8 Å². The number of aromatic amines is 1. The quantitative estimate of drug-likeness (QED) is 0.741. The third-order valence-corrected chi connectivity index (χ3v) is 2.50. The maximum Gasteiger partial charge on any atom is 0.137 e. The molecular formula is C8H9N3S. The third-order valence-electron chi connectivity index (χ3n) is 1.61. The summed E-state index contributed by atoms with van der Waals surface area (Å²) >= 11 is 1.64. The van der Waals surface area contributed by atoms with E-state index < -0.39 is 0 Å². The Morgan fingerprint density at radius 3 is 3.08 bits per heavy atom. The second-order valence-electron chi connectivity index (χ2n) is 2.39. The summed E-state index contributed by atoms with van der Waals surface area (Å²) in [5, 5.41) is 6.04. The number of aromatic nitrogens is 2. The first-order chi connectivity index (χ1) is 5.90. The average Bonchev–Trinajstić information content (AvgIpc) is 2.75. The summed E-state index contributed by atoms with van der Waals surface area (Å²) in [7, 11) is 1.87. The van der Waals surface area contributed by atoms with Crippen molar-refractivity contribution in [1.29, 1.82) is 0 Å². The molecule has 0 bridgehead atoms. The van der Waals surface area contributed by atoms with Crippen LogP contribution >= 0.6 is 11.3 Å². The largest absolute Gasteiger partial charge is 0.372 e. The fraction of sp³-hybridized carbons (Fsp3) is 0.125. The van der Waals surface area contributed by atoms with Crippen LogP contribution in [0.3, 0.4) is 0 Å². The molecule has 4 heteroatoms. The average molecular weight is 179 g/mol. The molecule has 0 aliphatic heterocycles. The molecule has 0 unspecified atom stereocenters. The predicted molar refractivity (Wildman–Crippen MR) is 51.4 cm³/mol. The third kappa shape index (κ3) is 1.21. The van der Waals surface area contributed by atoms with Gasteiger partial charge in [0.05, 0.1) is 0 Å². The normalized spacial score (nSPS) is 10.1. The van der Waals surface area contributed by atoms with Gasteiger partial charge in [0, 0.05) is 30.4 Å². The molecule has 2 N–H and O–H groups in total. The summed E-state index contributed by atoms with van der Waals surface area (Å²) in [5.74, 6) is 0.927. The van der Waals surface area contributed by atoms with E-state index in [1.165, 1.54) is 0 Å². The molecule has 62 valence electrons. The van der Waals surface area contributed by atoms with E-state index in [-0.39, 0.29) is 0 Å². The number of anilines is 1. The van der Waals surface area contributed by atoms with E-state index in [2.05, 4.69) is 15.3 Å². The molecule has 0 aliphatic rings. The zero-order valence-corrected chi connectivity index (χ0v) is 7.48. The van der Waals surface area contributed by atoms with Crippen LogP contribution in [0.25, 0.3) is 10.6 Å². The number of hydrogen-bond donors (Lipinski definition) is 2. The van der Waals surface area contributed by atoms with Crippen LogP contribution in [-0.2, 0) is 0 Å². The lowest BCUT2D eigenvalue weighted by Gasteiger charge is -1.89. The SMILES string of the molecule is CNc1csc(-c2cc[nH]c2)n1. The molecule has 0 atom stereocenters. The number of rotatable bonds is 2. The van der Waals surface area contributed by atoms with Crippen LogP contribution in [0.4, 0.5) is 5.82 Å². The monoisotopic (exact) mass is 179 g/mol. The molecule has 0 aliphatic carbocycles. The van der Waals surface area contributed by atoms with Gasteiger partial charge in [0.1, 0.15) is 10.8 Å². The first-order valence-electron chi connectivity index (χ1n) is 3.66. The van der Waals surface area contributed by atoms with Gasteiger partial charge >= 0.3 is 0 Å². The van der Waals surface area contributed by atoms with Crippen LogP contribution in [0.1, 0.15) is 0 Å².